The summed E-state index contributed by atoms with van der Waals surface area (Å²) in [7, 11) is 0. The summed E-state index contributed by atoms with van der Waals surface area (Å²) in [4.78, 5) is 28.7. The fraction of sp³-hybridized carbons (Fsp3) is 0.556. The van der Waals surface area contributed by atoms with Crippen molar-refractivity contribution < 1.29 is 14.3 Å². The van der Waals surface area contributed by atoms with Crippen molar-refractivity contribution in [3.8, 4) is 0 Å². The van der Waals surface area contributed by atoms with E-state index < -0.39 is 0 Å². The van der Waals surface area contributed by atoms with E-state index in [2.05, 4.69) is 0 Å². The summed E-state index contributed by atoms with van der Waals surface area (Å²) in [6.07, 6.45) is 2.27. The van der Waals surface area contributed by atoms with Gasteiger partial charge in [0.05, 0.1) is 18.8 Å². The molecule has 0 N–H and O–H groups in total. The summed E-state index contributed by atoms with van der Waals surface area (Å²) < 4.78 is 5.58. The smallest absolute Gasteiger partial charge is 0.243 e. The molecular formula is C18H24N2O3. The van der Waals surface area contributed by atoms with Crippen LogP contribution in [0.25, 0.3) is 0 Å². The zero-order chi connectivity index (χ0) is 16.4. The molecule has 0 radical (unpaired) electrons. The van der Waals surface area contributed by atoms with Crippen LogP contribution in [0.2, 0.25) is 0 Å². The average molecular weight is 316 g/mol. The van der Waals surface area contributed by atoms with Crippen LogP contribution in [0.4, 0.5) is 5.69 Å². The minimum absolute atomic E-state index is 0.00213. The molecule has 5 nitrogen and oxygen atoms in total. The monoisotopic (exact) mass is 316 g/mol. The van der Waals surface area contributed by atoms with E-state index in [1.807, 2.05) is 43.0 Å². The minimum Gasteiger partial charge on any atom is -0.375 e. The lowest BCUT2D eigenvalue weighted by atomic mass is 10.1. The first kappa shape index (κ1) is 16.0. The summed E-state index contributed by atoms with van der Waals surface area (Å²) in [6.45, 7) is 5.22. The van der Waals surface area contributed by atoms with Crippen molar-refractivity contribution in [3.05, 3.63) is 29.8 Å². The number of hydrogen-bond donors (Lipinski definition) is 0. The first-order chi connectivity index (χ1) is 11.1. The number of anilines is 1. The van der Waals surface area contributed by atoms with Gasteiger partial charge in [0.15, 0.2) is 0 Å². The minimum atomic E-state index is -0.00213. The van der Waals surface area contributed by atoms with E-state index in [1.165, 1.54) is 0 Å². The first-order valence-electron chi connectivity index (χ1n) is 8.35. The van der Waals surface area contributed by atoms with Crippen molar-refractivity contribution in [3.63, 3.8) is 0 Å². The Balaban J connectivity index is 1.80. The van der Waals surface area contributed by atoms with Crippen molar-refractivity contribution >= 4 is 17.5 Å². The number of aryl methyl sites for hydroxylation is 1. The topological polar surface area (TPSA) is 49.9 Å². The van der Waals surface area contributed by atoms with Gasteiger partial charge in [-0.05, 0) is 38.3 Å². The molecule has 124 valence electrons. The molecule has 0 spiro atoms. The predicted molar refractivity (Wildman–Crippen MR) is 88.3 cm³/mol. The third-order valence-corrected chi connectivity index (χ3v) is 4.64. The number of hydrogen-bond acceptors (Lipinski definition) is 3. The van der Waals surface area contributed by atoms with Gasteiger partial charge in [0.1, 0.15) is 6.54 Å². The number of morpholine rings is 1. The summed E-state index contributed by atoms with van der Waals surface area (Å²) in [6, 6.07) is 7.95. The Morgan fingerprint density at radius 1 is 1.26 bits per heavy atom. The van der Waals surface area contributed by atoms with Crippen molar-refractivity contribution in [2.45, 2.75) is 45.3 Å². The van der Waals surface area contributed by atoms with Gasteiger partial charge in [0.25, 0.3) is 0 Å². The van der Waals surface area contributed by atoms with Gasteiger partial charge in [-0.1, -0.05) is 18.2 Å². The van der Waals surface area contributed by atoms with Crippen LogP contribution in [0.15, 0.2) is 24.3 Å². The maximum atomic E-state index is 12.8. The van der Waals surface area contributed by atoms with Gasteiger partial charge in [0.2, 0.25) is 11.8 Å². The van der Waals surface area contributed by atoms with Gasteiger partial charge >= 0.3 is 0 Å². The highest BCUT2D eigenvalue weighted by Gasteiger charge is 2.31. The third kappa shape index (κ3) is 3.39. The summed E-state index contributed by atoms with van der Waals surface area (Å²) in [5.41, 5.74) is 2.03. The number of carbonyl (C=O) groups is 2. The zero-order valence-corrected chi connectivity index (χ0v) is 13.8. The molecule has 23 heavy (non-hydrogen) atoms. The van der Waals surface area contributed by atoms with E-state index in [-0.39, 0.29) is 30.5 Å². The fourth-order valence-corrected chi connectivity index (χ4v) is 3.34. The maximum Gasteiger partial charge on any atom is 0.243 e. The second-order valence-electron chi connectivity index (χ2n) is 6.50. The Bertz CT molecular complexity index is 602. The van der Waals surface area contributed by atoms with Gasteiger partial charge in [-0.15, -0.1) is 0 Å². The molecular weight excluding hydrogens is 292 g/mol. The lowest BCUT2D eigenvalue weighted by Gasteiger charge is -2.38. The van der Waals surface area contributed by atoms with Crippen LogP contribution in [-0.4, -0.2) is 48.6 Å². The number of para-hydroxylation sites is 1. The fourth-order valence-electron chi connectivity index (χ4n) is 3.34. The van der Waals surface area contributed by atoms with Gasteiger partial charge in [-0.3, -0.25) is 9.59 Å². The Labute approximate surface area is 137 Å². The molecule has 2 heterocycles. The molecule has 2 aliphatic rings. The zero-order valence-electron chi connectivity index (χ0n) is 13.8. The second-order valence-corrected chi connectivity index (χ2v) is 6.50. The molecule has 0 saturated carbocycles. The van der Waals surface area contributed by atoms with Gasteiger partial charge in [-0.2, -0.15) is 0 Å². The van der Waals surface area contributed by atoms with E-state index in [0.717, 1.165) is 24.1 Å². The number of ether oxygens (including phenoxy) is 1. The molecule has 5 heteroatoms. The van der Waals surface area contributed by atoms with Crippen LogP contribution in [0.1, 0.15) is 32.3 Å². The number of benzene rings is 1. The molecule has 1 fully saturated rings. The molecule has 2 aliphatic heterocycles. The molecule has 1 saturated heterocycles. The summed E-state index contributed by atoms with van der Waals surface area (Å²) >= 11 is 0. The number of amides is 2. The van der Waals surface area contributed by atoms with Crippen LogP contribution in [-0.2, 0) is 20.7 Å². The molecule has 0 unspecified atom stereocenters. The SMILES string of the molecule is C[C@@H]1CN(C(=O)CN2C(=O)CCCc3ccccc32)[C@H](C)CO1. The van der Waals surface area contributed by atoms with E-state index in [1.54, 1.807) is 4.90 Å². The van der Waals surface area contributed by atoms with E-state index in [4.69, 9.17) is 4.74 Å². The van der Waals surface area contributed by atoms with Crippen LogP contribution < -0.4 is 4.90 Å². The van der Waals surface area contributed by atoms with Crippen molar-refractivity contribution in [2.75, 3.05) is 24.6 Å². The standard InChI is InChI=1S/C18H24N2O3/c1-13-12-23-14(2)10-19(13)18(22)11-20-16-8-4-3-6-15(16)7-5-9-17(20)21/h3-4,6,8,13-14H,5,7,9-12H2,1-2H3/t13-,14-/m1/s1. The van der Waals surface area contributed by atoms with Crippen molar-refractivity contribution in [2.24, 2.45) is 0 Å². The molecule has 0 aliphatic carbocycles. The number of carbonyl (C=O) groups excluding carboxylic acids is 2. The van der Waals surface area contributed by atoms with Gasteiger partial charge in [-0.25, -0.2) is 0 Å². The quantitative estimate of drug-likeness (QED) is 0.838. The molecule has 0 bridgehead atoms. The molecule has 0 aromatic heterocycles. The normalized spacial score (nSPS) is 25.0. The Hall–Kier alpha value is -1.88. The number of nitrogens with zero attached hydrogens (tertiary/aromatic N) is 2. The molecule has 1 aromatic carbocycles. The molecule has 3 rings (SSSR count). The van der Waals surface area contributed by atoms with Gasteiger partial charge < -0.3 is 14.5 Å². The van der Waals surface area contributed by atoms with Crippen LogP contribution in [0.5, 0.6) is 0 Å². The first-order valence-corrected chi connectivity index (χ1v) is 8.35. The van der Waals surface area contributed by atoms with Crippen LogP contribution in [0, 0.1) is 0 Å². The van der Waals surface area contributed by atoms with Crippen molar-refractivity contribution in [1.82, 2.24) is 4.90 Å². The van der Waals surface area contributed by atoms with Crippen LogP contribution in [0.3, 0.4) is 0 Å². The van der Waals surface area contributed by atoms with Crippen molar-refractivity contribution in [1.29, 1.82) is 0 Å². The molecule has 2 amide bonds. The lowest BCUT2D eigenvalue weighted by molar-refractivity contribution is -0.142. The highest BCUT2D eigenvalue weighted by molar-refractivity contribution is 5.99. The van der Waals surface area contributed by atoms with E-state index in [0.29, 0.717) is 19.6 Å². The second kappa shape index (κ2) is 6.71. The Morgan fingerprint density at radius 3 is 2.87 bits per heavy atom. The van der Waals surface area contributed by atoms with Crippen LogP contribution >= 0.6 is 0 Å². The summed E-state index contributed by atoms with van der Waals surface area (Å²) in [5.74, 6) is 0.0370. The third-order valence-electron chi connectivity index (χ3n) is 4.64. The Kier molecular flexibility index (Phi) is 4.66. The average Bonchev–Trinajstić information content (AvgIpc) is 2.69. The highest BCUT2D eigenvalue weighted by atomic mass is 16.5. The Morgan fingerprint density at radius 2 is 2.04 bits per heavy atom. The number of rotatable bonds is 2. The lowest BCUT2D eigenvalue weighted by Crippen LogP contribution is -2.53. The number of fused-ring (bicyclic) bond motifs is 1. The molecule has 2 atom stereocenters. The highest BCUT2D eigenvalue weighted by Crippen LogP contribution is 2.27. The largest absolute Gasteiger partial charge is 0.375 e. The maximum absolute atomic E-state index is 12.8. The summed E-state index contributed by atoms with van der Waals surface area (Å²) in [5, 5.41) is 0. The molecule has 1 aromatic rings. The van der Waals surface area contributed by atoms with E-state index in [9.17, 15) is 9.59 Å². The van der Waals surface area contributed by atoms with Gasteiger partial charge in [0, 0.05) is 18.7 Å². The van der Waals surface area contributed by atoms with E-state index >= 15 is 0 Å². The predicted octanol–water partition coefficient (Wildman–Crippen LogP) is 1.99.